The second-order valence-corrected chi connectivity index (χ2v) is 14.6. The van der Waals surface area contributed by atoms with Crippen LogP contribution in [0.2, 0.25) is 0 Å². The second-order valence-electron chi connectivity index (χ2n) is 12.4. The Morgan fingerprint density at radius 2 is 1.98 bits per heavy atom. The molecule has 0 bridgehead atoms. The van der Waals surface area contributed by atoms with Crippen LogP contribution in [0.3, 0.4) is 0 Å². The molecule has 256 valence electrons. The third-order valence-corrected chi connectivity index (χ3v) is 10.7. The van der Waals surface area contributed by atoms with E-state index >= 15 is 0 Å². The number of primary amides is 1. The highest BCUT2D eigenvalue weighted by Crippen LogP contribution is 2.34. The maximum Gasteiger partial charge on any atom is 0.258 e. The number of hydrogen-bond acceptors (Lipinski definition) is 10. The molecule has 4 N–H and O–H groups in total. The minimum atomic E-state index is -1.93. The summed E-state index contributed by atoms with van der Waals surface area (Å²) in [6.07, 6.45) is 13.0. The number of ether oxygens (including phenoxy) is 1. The molecule has 3 aliphatic rings. The van der Waals surface area contributed by atoms with Crippen molar-refractivity contribution in [3.8, 4) is 0 Å². The Kier molecular flexibility index (Phi) is 14.5. The number of rotatable bonds is 11. The SMILES string of the molecule is CC1COCCN1c1ccncc1C1CN(C=O)C1.CN1CCCC1CCCCC=O.NC(=O)c1cc2cc(CP(O)O)ccc2s1. The van der Waals surface area contributed by atoms with E-state index in [4.69, 9.17) is 20.3 Å². The van der Waals surface area contributed by atoms with Gasteiger partial charge in [-0.2, -0.15) is 0 Å². The zero-order valence-corrected chi connectivity index (χ0v) is 29.1. The van der Waals surface area contributed by atoms with Gasteiger partial charge in [0.2, 0.25) is 6.41 Å². The molecule has 1 aromatic carbocycles. The number of morpholine rings is 1. The number of likely N-dealkylation sites (tertiary alicyclic amines) is 2. The van der Waals surface area contributed by atoms with Crippen LogP contribution in [0.4, 0.5) is 5.69 Å². The van der Waals surface area contributed by atoms with E-state index in [-0.39, 0.29) is 6.16 Å². The molecular formula is C34H48N5O6PS. The molecule has 0 spiro atoms. The number of pyridine rings is 1. The Hall–Kier alpha value is -2.99. The monoisotopic (exact) mass is 685 g/mol. The third-order valence-electron chi connectivity index (χ3n) is 8.93. The number of carbonyl (C=O) groups is 3. The van der Waals surface area contributed by atoms with Crippen LogP contribution in [-0.4, -0.2) is 102 Å². The molecule has 13 heteroatoms. The number of amides is 2. The lowest BCUT2D eigenvalue weighted by Gasteiger charge is -2.41. The molecule has 3 fully saturated rings. The minimum Gasteiger partial charge on any atom is -0.377 e. The number of nitrogens with two attached hydrogens (primary N) is 1. The Bertz CT molecular complexity index is 1450. The minimum absolute atomic E-state index is 0.243. The number of fused-ring (bicyclic) bond motifs is 1. The van der Waals surface area contributed by atoms with Crippen LogP contribution < -0.4 is 10.6 Å². The topological polar surface area (TPSA) is 150 Å². The van der Waals surface area contributed by atoms with Crippen LogP contribution >= 0.6 is 19.7 Å². The van der Waals surface area contributed by atoms with Gasteiger partial charge in [-0.25, -0.2) is 0 Å². The Morgan fingerprint density at radius 3 is 2.64 bits per heavy atom. The van der Waals surface area contributed by atoms with E-state index in [1.807, 2.05) is 30.6 Å². The van der Waals surface area contributed by atoms with Crippen molar-refractivity contribution in [3.05, 3.63) is 58.7 Å². The van der Waals surface area contributed by atoms with Crippen LogP contribution in [-0.2, 0) is 20.5 Å². The van der Waals surface area contributed by atoms with Crippen molar-refractivity contribution >= 4 is 54.1 Å². The number of thiophene rings is 1. The second kappa shape index (κ2) is 18.5. The highest BCUT2D eigenvalue weighted by Gasteiger charge is 2.31. The van der Waals surface area contributed by atoms with E-state index in [2.05, 4.69) is 34.8 Å². The van der Waals surface area contributed by atoms with E-state index in [9.17, 15) is 14.4 Å². The molecule has 0 radical (unpaired) electrons. The summed E-state index contributed by atoms with van der Waals surface area (Å²) < 4.78 is 6.47. The zero-order chi connectivity index (χ0) is 33.8. The number of aromatic nitrogens is 1. The van der Waals surface area contributed by atoms with Crippen molar-refractivity contribution in [2.75, 3.05) is 51.3 Å². The molecule has 0 aliphatic carbocycles. The standard InChI is InChI=1S/C14H19N3O2.C10H10NO3PS.C10H19NO/c1-11-9-19-5-4-17(11)14-2-3-15-6-13(14)12-7-16(8-12)10-18;11-10(12)9-4-7-3-6(5-15(13)14)1-2-8(7)16-9;1-11-8-5-7-10(11)6-3-2-4-9-12/h2-3,6,10-12H,4-5,7-9H2,1H3;1-4,13-14H,5H2,(H2,11,12);9-10H,2-8H2,1H3. The number of benzene rings is 1. The number of nitrogens with zero attached hydrogens (tertiary/aromatic N) is 4. The zero-order valence-electron chi connectivity index (χ0n) is 27.4. The first kappa shape index (κ1) is 36.8. The summed E-state index contributed by atoms with van der Waals surface area (Å²) in [7, 11) is 0.280. The first-order valence-corrected chi connectivity index (χ1v) is 18.5. The molecule has 2 atom stereocenters. The van der Waals surface area contributed by atoms with Crippen LogP contribution in [0.25, 0.3) is 10.1 Å². The molecule has 6 rings (SSSR count). The molecule has 2 amide bonds. The normalized spacial score (nSPS) is 19.9. The first-order chi connectivity index (χ1) is 22.7. The Labute approximate surface area is 282 Å². The van der Waals surface area contributed by atoms with Crippen LogP contribution in [0.5, 0.6) is 0 Å². The van der Waals surface area contributed by atoms with Crippen LogP contribution in [0.1, 0.15) is 72.2 Å². The summed E-state index contributed by atoms with van der Waals surface area (Å²) in [5.41, 5.74) is 8.55. The summed E-state index contributed by atoms with van der Waals surface area (Å²) in [6, 6.07) is 10.5. The summed E-state index contributed by atoms with van der Waals surface area (Å²) >= 11 is 1.34. The van der Waals surface area contributed by atoms with Gasteiger partial charge in [-0.05, 0) is 81.4 Å². The van der Waals surface area contributed by atoms with Gasteiger partial charge in [-0.15, -0.1) is 11.3 Å². The molecular weight excluding hydrogens is 637 g/mol. The average Bonchev–Trinajstić information content (AvgIpc) is 3.65. The smallest absolute Gasteiger partial charge is 0.258 e. The number of unbranched alkanes of at least 4 members (excludes halogenated alkanes) is 2. The van der Waals surface area contributed by atoms with Crippen molar-refractivity contribution in [3.63, 3.8) is 0 Å². The van der Waals surface area contributed by atoms with Gasteiger partial charge in [0, 0.05) is 78.6 Å². The largest absolute Gasteiger partial charge is 0.377 e. The molecule has 47 heavy (non-hydrogen) atoms. The van der Waals surface area contributed by atoms with Gasteiger partial charge in [0.15, 0.2) is 8.38 Å². The van der Waals surface area contributed by atoms with Gasteiger partial charge in [0.1, 0.15) is 6.29 Å². The predicted octanol–water partition coefficient (Wildman–Crippen LogP) is 4.50. The summed E-state index contributed by atoms with van der Waals surface area (Å²) in [5, 5.41) is 0.910. The maximum absolute atomic E-state index is 11.0. The van der Waals surface area contributed by atoms with Crippen molar-refractivity contribution in [1.29, 1.82) is 0 Å². The maximum atomic E-state index is 11.0. The Morgan fingerprint density at radius 1 is 1.17 bits per heavy atom. The lowest BCUT2D eigenvalue weighted by molar-refractivity contribution is -0.122. The van der Waals surface area contributed by atoms with Crippen molar-refractivity contribution in [1.82, 2.24) is 14.8 Å². The molecule has 3 aromatic rings. The van der Waals surface area contributed by atoms with E-state index < -0.39 is 14.3 Å². The number of hydrogen-bond donors (Lipinski definition) is 3. The van der Waals surface area contributed by atoms with E-state index in [0.717, 1.165) is 80.1 Å². The molecule has 2 aromatic heterocycles. The first-order valence-electron chi connectivity index (χ1n) is 16.3. The van der Waals surface area contributed by atoms with Gasteiger partial charge in [0.25, 0.3) is 5.91 Å². The number of carbonyl (C=O) groups excluding carboxylic acids is 3. The molecule has 0 saturated carbocycles. The van der Waals surface area contributed by atoms with Gasteiger partial charge in [-0.3, -0.25) is 14.6 Å². The lowest BCUT2D eigenvalue weighted by Crippen LogP contribution is -2.47. The van der Waals surface area contributed by atoms with Crippen molar-refractivity contribution < 1.29 is 28.9 Å². The fourth-order valence-electron chi connectivity index (χ4n) is 6.28. The highest BCUT2D eigenvalue weighted by molar-refractivity contribution is 7.44. The predicted molar refractivity (Wildman–Crippen MR) is 188 cm³/mol. The third kappa shape index (κ3) is 10.8. The van der Waals surface area contributed by atoms with Crippen molar-refractivity contribution in [2.45, 2.75) is 69.6 Å². The van der Waals surface area contributed by atoms with Crippen LogP contribution in [0, 0.1) is 0 Å². The van der Waals surface area contributed by atoms with Gasteiger partial charge in [0.05, 0.1) is 18.1 Å². The average molecular weight is 686 g/mol. The number of anilines is 1. The van der Waals surface area contributed by atoms with Crippen molar-refractivity contribution in [2.24, 2.45) is 5.73 Å². The summed E-state index contributed by atoms with van der Waals surface area (Å²) in [5.74, 6) is -0.0155. The van der Waals surface area contributed by atoms with Gasteiger partial charge in [-0.1, -0.05) is 12.5 Å². The summed E-state index contributed by atoms with van der Waals surface area (Å²) in [6.45, 7) is 7.52. The molecule has 5 heterocycles. The fourth-order valence-corrected chi connectivity index (χ4v) is 7.70. The fraction of sp³-hybridized carbons (Fsp3) is 0.529. The highest BCUT2D eigenvalue weighted by atomic mass is 32.1. The van der Waals surface area contributed by atoms with E-state index in [0.29, 0.717) is 16.8 Å². The molecule has 11 nitrogen and oxygen atoms in total. The van der Waals surface area contributed by atoms with Crippen LogP contribution in [0.15, 0.2) is 42.7 Å². The molecule has 3 aliphatic heterocycles. The molecule has 2 unspecified atom stereocenters. The van der Waals surface area contributed by atoms with E-state index in [1.54, 1.807) is 11.0 Å². The van der Waals surface area contributed by atoms with Gasteiger partial charge < -0.3 is 39.8 Å². The van der Waals surface area contributed by atoms with E-state index in [1.165, 1.54) is 54.8 Å². The Balaban J connectivity index is 0.000000164. The lowest BCUT2D eigenvalue weighted by atomic mass is 9.91. The molecule has 3 saturated heterocycles. The van der Waals surface area contributed by atoms with Gasteiger partial charge >= 0.3 is 0 Å². The summed E-state index contributed by atoms with van der Waals surface area (Å²) in [4.78, 5) is 61.0. The number of aldehydes is 1. The quantitative estimate of drug-likeness (QED) is 0.151.